The molecule has 11 rings (SSSR count). The van der Waals surface area contributed by atoms with Gasteiger partial charge >= 0.3 is 14.0 Å². The molecule has 2 aliphatic rings. The van der Waals surface area contributed by atoms with Crippen LogP contribution in [0.3, 0.4) is 0 Å². The molecule has 9 aromatic rings. The van der Waals surface area contributed by atoms with Crippen LogP contribution in [0.5, 0.6) is 0 Å². The predicted molar refractivity (Wildman–Crippen MR) is 279 cm³/mol. The SMILES string of the molecule is CC(C)(C)c1cc(N2B(c3ccccc3)n3c4ccccc4c4c5c6c(c2c43)c2ccccc2n6B(c2ccccc2)N5c2cc(C(C)(C)C)cc(C(C)(C)C)c2)cc(C(C)(C)C)c1. The fourth-order valence-electron chi connectivity index (χ4n) is 10.8. The number of hydrogen-bond donors (Lipinski definition) is 0. The van der Waals surface area contributed by atoms with E-state index in [1.165, 1.54) is 99.5 Å². The van der Waals surface area contributed by atoms with E-state index in [-0.39, 0.29) is 35.6 Å². The minimum Gasteiger partial charge on any atom is -0.359 e. The van der Waals surface area contributed by atoms with Gasteiger partial charge in [-0.2, -0.15) is 0 Å². The summed E-state index contributed by atoms with van der Waals surface area (Å²) in [5.41, 5.74) is 17.8. The number of rotatable bonds is 4. The van der Waals surface area contributed by atoms with E-state index < -0.39 is 0 Å². The van der Waals surface area contributed by atoms with Crippen molar-refractivity contribution in [1.82, 2.24) is 8.96 Å². The minimum atomic E-state index is -0.128. The van der Waals surface area contributed by atoms with E-state index in [0.29, 0.717) is 0 Å². The van der Waals surface area contributed by atoms with Gasteiger partial charge in [-0.25, -0.2) is 0 Å². The fraction of sp³-hybridized carbons (Fsp3) is 0.276. The van der Waals surface area contributed by atoms with Crippen LogP contribution in [0.2, 0.25) is 0 Å². The average molecular weight is 835 g/mol. The van der Waals surface area contributed by atoms with Crippen LogP contribution in [0.1, 0.15) is 105 Å². The van der Waals surface area contributed by atoms with E-state index >= 15 is 0 Å². The lowest BCUT2D eigenvalue weighted by molar-refractivity contribution is 0.568. The van der Waals surface area contributed by atoms with Crippen LogP contribution in [-0.4, -0.2) is 22.9 Å². The van der Waals surface area contributed by atoms with Gasteiger partial charge in [0.1, 0.15) is 0 Å². The molecule has 4 nitrogen and oxygen atoms in total. The summed E-state index contributed by atoms with van der Waals surface area (Å²) in [6.07, 6.45) is 0. The van der Waals surface area contributed by atoms with Gasteiger partial charge in [0.25, 0.3) is 0 Å². The molecule has 0 radical (unpaired) electrons. The van der Waals surface area contributed by atoms with Gasteiger partial charge in [-0.15, -0.1) is 0 Å². The number of fused-ring (bicyclic) bond motifs is 8. The molecule has 7 aromatic carbocycles. The van der Waals surface area contributed by atoms with Crippen molar-refractivity contribution in [3.63, 3.8) is 0 Å². The van der Waals surface area contributed by atoms with E-state index in [0.717, 1.165) is 0 Å². The molecule has 64 heavy (non-hydrogen) atoms. The Labute approximate surface area is 380 Å². The van der Waals surface area contributed by atoms with Crippen molar-refractivity contribution in [1.29, 1.82) is 0 Å². The maximum atomic E-state index is 2.72. The van der Waals surface area contributed by atoms with Gasteiger partial charge in [-0.1, -0.05) is 192 Å². The highest BCUT2D eigenvalue weighted by atomic mass is 15.3. The van der Waals surface area contributed by atoms with Gasteiger partial charge in [0.05, 0.1) is 22.4 Å². The highest BCUT2D eigenvalue weighted by molar-refractivity contribution is 6.83. The zero-order chi connectivity index (χ0) is 44.8. The smallest absolute Gasteiger partial charge is 0.359 e. The third kappa shape index (κ3) is 5.97. The lowest BCUT2D eigenvalue weighted by Crippen LogP contribution is -2.48. The third-order valence-electron chi connectivity index (χ3n) is 14.3. The zero-order valence-electron chi connectivity index (χ0n) is 39.8. The Morgan fingerprint density at radius 3 is 0.953 bits per heavy atom. The topological polar surface area (TPSA) is 16.3 Å². The van der Waals surface area contributed by atoms with E-state index in [9.17, 15) is 0 Å². The van der Waals surface area contributed by atoms with Crippen LogP contribution < -0.4 is 20.5 Å². The minimum absolute atomic E-state index is 0.0512. The normalized spacial score (nSPS) is 14.4. The Balaban J connectivity index is 1.37. The molecular weight excluding hydrogens is 774 g/mol. The molecule has 0 amide bonds. The quantitative estimate of drug-likeness (QED) is 0.164. The first-order valence-electron chi connectivity index (χ1n) is 23.3. The van der Waals surface area contributed by atoms with Gasteiger partial charge in [-0.05, 0) is 91.2 Å². The molecule has 318 valence electrons. The van der Waals surface area contributed by atoms with Gasteiger partial charge in [0.15, 0.2) is 0 Å². The average Bonchev–Trinajstić information content (AvgIpc) is 3.99. The van der Waals surface area contributed by atoms with Gasteiger partial charge in [-0.3, -0.25) is 0 Å². The number of anilines is 4. The van der Waals surface area contributed by atoms with Crippen LogP contribution in [0.25, 0.3) is 43.6 Å². The van der Waals surface area contributed by atoms with Crippen molar-refractivity contribution in [2.24, 2.45) is 0 Å². The number of nitrogens with zero attached hydrogens (tertiary/aromatic N) is 4. The molecule has 6 heteroatoms. The molecule has 0 atom stereocenters. The monoisotopic (exact) mass is 835 g/mol. The van der Waals surface area contributed by atoms with E-state index in [4.69, 9.17) is 0 Å². The number of hydrogen-bond acceptors (Lipinski definition) is 2. The van der Waals surface area contributed by atoms with E-state index in [1.54, 1.807) is 0 Å². The molecule has 0 saturated carbocycles. The third-order valence-corrected chi connectivity index (χ3v) is 14.3. The van der Waals surface area contributed by atoms with Gasteiger partial charge in [0, 0.05) is 44.0 Å². The standard InChI is InChI=1S/C58H60B2N4/c1-55(2,3)37-31-38(56(4,5)6)34-43(33-37)61-51-49-45-27-19-22-30-48(45)64-54(49)52(50-46-28-20-21-29-47(46)63(53(50)51)59(61)41-23-15-13-16-24-41)62(60(64)42-25-17-14-18-26-42)44-35-39(57(7,8)9)32-40(36-44)58(10,11)12/h13-36H,1-12H3. The second-order valence-corrected chi connectivity index (χ2v) is 22.8. The Hall–Kier alpha value is -6.13. The van der Waals surface area contributed by atoms with Crippen molar-refractivity contribution >= 4 is 91.3 Å². The van der Waals surface area contributed by atoms with E-state index in [1.807, 2.05) is 0 Å². The molecule has 0 N–H and O–H groups in total. The molecule has 4 heterocycles. The maximum Gasteiger partial charge on any atom is 0.420 e. The largest absolute Gasteiger partial charge is 0.420 e. The maximum absolute atomic E-state index is 2.72. The van der Waals surface area contributed by atoms with Crippen molar-refractivity contribution in [2.45, 2.75) is 105 Å². The fourth-order valence-corrected chi connectivity index (χ4v) is 10.8. The predicted octanol–water partition coefficient (Wildman–Crippen LogP) is 13.9. The summed E-state index contributed by atoms with van der Waals surface area (Å²) in [4.78, 5) is 5.45. The second-order valence-electron chi connectivity index (χ2n) is 22.8. The first-order chi connectivity index (χ1) is 30.3. The Morgan fingerprint density at radius 1 is 0.344 bits per heavy atom. The van der Waals surface area contributed by atoms with Gasteiger partial charge < -0.3 is 18.6 Å². The van der Waals surface area contributed by atoms with Crippen molar-refractivity contribution in [2.75, 3.05) is 9.62 Å². The lowest BCUT2D eigenvalue weighted by atomic mass is 9.65. The van der Waals surface area contributed by atoms with Crippen molar-refractivity contribution in [3.05, 3.63) is 168 Å². The van der Waals surface area contributed by atoms with E-state index in [2.05, 4.69) is 247 Å². The van der Waals surface area contributed by atoms with Crippen LogP contribution >= 0.6 is 0 Å². The molecule has 0 bridgehead atoms. The lowest BCUT2D eigenvalue weighted by Gasteiger charge is -2.33. The number of aromatic nitrogens is 2. The number of benzene rings is 7. The van der Waals surface area contributed by atoms with Crippen LogP contribution in [-0.2, 0) is 21.7 Å². The molecular formula is C58H60B2N4. The summed E-state index contributed by atoms with van der Waals surface area (Å²) < 4.78 is 5.39. The van der Waals surface area contributed by atoms with Crippen molar-refractivity contribution in [3.8, 4) is 0 Å². The Kier molecular flexibility index (Phi) is 8.69. The summed E-state index contributed by atoms with van der Waals surface area (Å²) >= 11 is 0. The molecule has 0 fully saturated rings. The van der Waals surface area contributed by atoms with Gasteiger partial charge in [0.2, 0.25) is 0 Å². The molecule has 2 aromatic heterocycles. The number of para-hydroxylation sites is 2. The van der Waals surface area contributed by atoms with Crippen LogP contribution in [0.4, 0.5) is 22.7 Å². The zero-order valence-corrected chi connectivity index (χ0v) is 39.8. The highest BCUT2D eigenvalue weighted by Gasteiger charge is 2.49. The first kappa shape index (κ1) is 40.6. The van der Waals surface area contributed by atoms with Crippen LogP contribution in [0, 0.1) is 0 Å². The molecule has 2 aliphatic heterocycles. The molecule has 0 saturated heterocycles. The summed E-state index contributed by atoms with van der Waals surface area (Å²) in [6.45, 7) is 28.0. The van der Waals surface area contributed by atoms with Crippen LogP contribution in [0.15, 0.2) is 146 Å². The summed E-state index contributed by atoms with van der Waals surface area (Å²) in [6, 6.07) is 55.8. The molecule has 0 aliphatic carbocycles. The second kappa shape index (κ2) is 13.7. The molecule has 0 spiro atoms. The summed E-state index contributed by atoms with van der Waals surface area (Å²) in [5, 5.41) is 5.19. The highest BCUT2D eigenvalue weighted by Crippen LogP contribution is 2.59. The van der Waals surface area contributed by atoms with Crippen molar-refractivity contribution < 1.29 is 0 Å². The summed E-state index contributed by atoms with van der Waals surface area (Å²) in [7, 11) is 0. The summed E-state index contributed by atoms with van der Waals surface area (Å²) in [5.74, 6) is 0. The molecule has 0 unspecified atom stereocenters. The Morgan fingerprint density at radius 2 is 0.641 bits per heavy atom. The first-order valence-corrected chi connectivity index (χ1v) is 23.3. The Bertz CT molecular complexity index is 3040.